The van der Waals surface area contributed by atoms with Crippen LogP contribution in [-0.4, -0.2) is 46.5 Å². The van der Waals surface area contributed by atoms with Gasteiger partial charge in [-0.25, -0.2) is 0 Å². The van der Waals surface area contributed by atoms with Crippen molar-refractivity contribution < 1.29 is 29.0 Å². The predicted molar refractivity (Wildman–Crippen MR) is 138 cm³/mol. The Kier molecular flexibility index (Phi) is 5.97. The molecular formula is C29H28BrNO6. The molecule has 192 valence electrons. The SMILES string of the molecule is COc1ccc(O)c(C2C3=CCC4C(=O)N(C5CCCCC5)C(=O)C4C3CC3=C2C(=O)C=C(Br)C3=O)c1. The lowest BCUT2D eigenvalue weighted by atomic mass is 9.59. The summed E-state index contributed by atoms with van der Waals surface area (Å²) in [5, 5.41) is 10.9. The minimum absolute atomic E-state index is 0.0205. The Morgan fingerprint density at radius 2 is 1.78 bits per heavy atom. The Morgan fingerprint density at radius 1 is 1.03 bits per heavy atom. The van der Waals surface area contributed by atoms with E-state index in [4.69, 9.17) is 4.74 Å². The molecule has 1 aliphatic heterocycles. The van der Waals surface area contributed by atoms with Crippen molar-refractivity contribution in [2.75, 3.05) is 7.11 Å². The normalized spacial score (nSPS) is 30.1. The van der Waals surface area contributed by atoms with Gasteiger partial charge in [-0.1, -0.05) is 30.9 Å². The molecule has 2 fully saturated rings. The molecule has 4 unspecified atom stereocenters. The number of likely N-dealkylation sites (tertiary alicyclic amines) is 1. The van der Waals surface area contributed by atoms with Crippen molar-refractivity contribution >= 4 is 39.3 Å². The maximum atomic E-state index is 13.9. The first-order valence-electron chi connectivity index (χ1n) is 12.9. The average Bonchev–Trinajstić information content (AvgIpc) is 3.16. The van der Waals surface area contributed by atoms with Crippen LogP contribution in [0.4, 0.5) is 0 Å². The Morgan fingerprint density at radius 3 is 2.51 bits per heavy atom. The van der Waals surface area contributed by atoms with Gasteiger partial charge in [0.2, 0.25) is 11.8 Å². The van der Waals surface area contributed by atoms with Gasteiger partial charge in [0.1, 0.15) is 11.5 Å². The first kappa shape index (κ1) is 24.3. The van der Waals surface area contributed by atoms with Crippen LogP contribution in [0.3, 0.4) is 0 Å². The third-order valence-electron chi connectivity index (χ3n) is 8.85. The molecule has 0 radical (unpaired) electrons. The number of carbonyl (C=O) groups excluding carboxylic acids is 4. The number of nitrogens with zero attached hydrogens (tertiary/aromatic N) is 1. The molecule has 2 amide bonds. The first-order chi connectivity index (χ1) is 17.8. The molecule has 37 heavy (non-hydrogen) atoms. The number of allylic oxidation sites excluding steroid dienone is 6. The molecule has 0 bridgehead atoms. The van der Waals surface area contributed by atoms with Crippen LogP contribution in [-0.2, 0) is 19.2 Å². The fourth-order valence-electron chi connectivity index (χ4n) is 7.18. The molecule has 1 heterocycles. The Hall–Kier alpha value is -3.00. The van der Waals surface area contributed by atoms with Crippen molar-refractivity contribution in [1.82, 2.24) is 4.90 Å². The molecule has 7 nitrogen and oxygen atoms in total. The smallest absolute Gasteiger partial charge is 0.233 e. The van der Waals surface area contributed by atoms with Gasteiger partial charge in [0.15, 0.2) is 11.6 Å². The van der Waals surface area contributed by atoms with Crippen molar-refractivity contribution in [3.05, 3.63) is 57.1 Å². The number of Topliss-reactive ketones (excluding diaryl/α,β-unsaturated/α-hetero) is 1. The highest BCUT2D eigenvalue weighted by Crippen LogP contribution is 2.56. The molecule has 1 saturated heterocycles. The number of imide groups is 1. The van der Waals surface area contributed by atoms with E-state index in [2.05, 4.69) is 15.9 Å². The number of ketones is 2. The summed E-state index contributed by atoms with van der Waals surface area (Å²) in [5.74, 6) is -2.51. The molecule has 1 aromatic carbocycles. The minimum atomic E-state index is -0.704. The number of halogens is 1. The zero-order valence-corrected chi connectivity index (χ0v) is 22.1. The lowest BCUT2D eigenvalue weighted by molar-refractivity contribution is -0.143. The van der Waals surface area contributed by atoms with Crippen LogP contribution in [0, 0.1) is 17.8 Å². The fraction of sp³-hybridized carbons (Fsp3) is 0.448. The van der Waals surface area contributed by atoms with E-state index in [1.54, 1.807) is 12.1 Å². The van der Waals surface area contributed by atoms with Crippen LogP contribution in [0.2, 0.25) is 0 Å². The molecule has 1 N–H and O–H groups in total. The summed E-state index contributed by atoms with van der Waals surface area (Å²) >= 11 is 3.24. The van der Waals surface area contributed by atoms with Gasteiger partial charge in [-0.2, -0.15) is 0 Å². The van der Waals surface area contributed by atoms with E-state index in [1.807, 2.05) is 6.08 Å². The Labute approximate surface area is 223 Å². The fourth-order valence-corrected chi connectivity index (χ4v) is 7.62. The molecule has 6 rings (SSSR count). The minimum Gasteiger partial charge on any atom is -0.508 e. The number of amides is 2. The zero-order valence-electron chi connectivity index (χ0n) is 20.5. The largest absolute Gasteiger partial charge is 0.508 e. The molecule has 4 atom stereocenters. The number of hydrogen-bond acceptors (Lipinski definition) is 6. The van der Waals surface area contributed by atoms with E-state index in [9.17, 15) is 24.3 Å². The summed E-state index contributed by atoms with van der Waals surface area (Å²) < 4.78 is 5.58. The number of benzene rings is 1. The summed E-state index contributed by atoms with van der Waals surface area (Å²) in [6.07, 6.45) is 8.68. The van der Waals surface area contributed by atoms with Gasteiger partial charge in [-0.05, 0) is 65.7 Å². The quantitative estimate of drug-likeness (QED) is 0.329. The van der Waals surface area contributed by atoms with E-state index in [1.165, 1.54) is 24.2 Å². The number of carbonyl (C=O) groups is 4. The van der Waals surface area contributed by atoms with Gasteiger partial charge in [-0.3, -0.25) is 24.1 Å². The van der Waals surface area contributed by atoms with Gasteiger partial charge in [0, 0.05) is 34.7 Å². The number of phenolic OH excluding ortho intramolecular Hbond substituents is 1. The van der Waals surface area contributed by atoms with Crippen LogP contribution < -0.4 is 4.74 Å². The molecular weight excluding hydrogens is 538 g/mol. The molecule has 1 saturated carbocycles. The highest BCUT2D eigenvalue weighted by atomic mass is 79.9. The average molecular weight is 566 g/mol. The number of methoxy groups -OCH3 is 1. The Bertz CT molecular complexity index is 1330. The van der Waals surface area contributed by atoms with Crippen molar-refractivity contribution in [3.63, 3.8) is 0 Å². The summed E-state index contributed by atoms with van der Waals surface area (Å²) in [7, 11) is 1.52. The summed E-state index contributed by atoms with van der Waals surface area (Å²) in [5.41, 5.74) is 1.96. The standard InChI is InChI=1S/C29H28BrNO6/c1-37-15-7-10-22(32)19(11-15)24-16-8-9-17-25(29(36)31(28(17)35)14-5-3-2-4-6-14)18(16)12-20-26(24)23(33)13-21(30)27(20)34/h7-8,10-11,13-14,17-18,24-25,32H,2-6,9,12H2,1H3. The highest BCUT2D eigenvalue weighted by Gasteiger charge is 2.57. The number of hydrogen-bond donors (Lipinski definition) is 1. The number of fused-ring (bicyclic) bond motifs is 3. The summed E-state index contributed by atoms with van der Waals surface area (Å²) in [4.78, 5) is 55.6. The number of rotatable bonds is 3. The van der Waals surface area contributed by atoms with E-state index in [0.717, 1.165) is 37.7 Å². The van der Waals surface area contributed by atoms with E-state index in [-0.39, 0.29) is 46.1 Å². The molecule has 0 aromatic heterocycles. The van der Waals surface area contributed by atoms with Gasteiger partial charge < -0.3 is 9.84 Å². The topological polar surface area (TPSA) is 101 Å². The van der Waals surface area contributed by atoms with Crippen molar-refractivity contribution in [3.8, 4) is 11.5 Å². The zero-order chi connectivity index (χ0) is 26.0. The summed E-state index contributed by atoms with van der Waals surface area (Å²) in [6.45, 7) is 0. The lowest BCUT2D eigenvalue weighted by Gasteiger charge is -2.42. The van der Waals surface area contributed by atoms with E-state index < -0.39 is 23.7 Å². The summed E-state index contributed by atoms with van der Waals surface area (Å²) in [6, 6.07) is 4.77. The monoisotopic (exact) mass is 565 g/mol. The third-order valence-corrected chi connectivity index (χ3v) is 9.44. The van der Waals surface area contributed by atoms with Crippen LogP contribution in [0.1, 0.15) is 56.4 Å². The lowest BCUT2D eigenvalue weighted by Crippen LogP contribution is -2.43. The van der Waals surface area contributed by atoms with E-state index in [0.29, 0.717) is 28.9 Å². The number of aromatic hydroxyl groups is 1. The second-order valence-corrected chi connectivity index (χ2v) is 11.5. The van der Waals surface area contributed by atoms with Gasteiger partial charge in [0.25, 0.3) is 0 Å². The van der Waals surface area contributed by atoms with Crippen molar-refractivity contribution in [2.24, 2.45) is 17.8 Å². The maximum Gasteiger partial charge on any atom is 0.233 e. The molecule has 0 spiro atoms. The van der Waals surface area contributed by atoms with Gasteiger partial charge in [-0.15, -0.1) is 0 Å². The molecule has 5 aliphatic rings. The Balaban J connectivity index is 1.48. The van der Waals surface area contributed by atoms with E-state index >= 15 is 0 Å². The first-order valence-corrected chi connectivity index (χ1v) is 13.7. The van der Waals surface area contributed by atoms with Crippen LogP contribution in [0.15, 0.2) is 51.6 Å². The second kappa shape index (κ2) is 9.08. The highest BCUT2D eigenvalue weighted by molar-refractivity contribution is 9.12. The predicted octanol–water partition coefficient (Wildman–Crippen LogP) is 4.50. The third kappa shape index (κ3) is 3.67. The number of phenols is 1. The molecule has 4 aliphatic carbocycles. The van der Waals surface area contributed by atoms with Gasteiger partial charge in [0.05, 0.1) is 23.4 Å². The van der Waals surface area contributed by atoms with Crippen LogP contribution in [0.25, 0.3) is 0 Å². The number of ether oxygens (including phenoxy) is 1. The van der Waals surface area contributed by atoms with Crippen LogP contribution >= 0.6 is 15.9 Å². The van der Waals surface area contributed by atoms with Gasteiger partial charge >= 0.3 is 0 Å². The molecule has 1 aromatic rings. The maximum absolute atomic E-state index is 13.9. The second-order valence-electron chi connectivity index (χ2n) is 10.7. The van der Waals surface area contributed by atoms with Crippen LogP contribution in [0.5, 0.6) is 11.5 Å². The van der Waals surface area contributed by atoms with Crippen molar-refractivity contribution in [2.45, 2.75) is 56.9 Å². The van der Waals surface area contributed by atoms with Crippen molar-refractivity contribution in [1.29, 1.82) is 0 Å². The molecule has 8 heteroatoms.